The molecule has 0 unspecified atom stereocenters. The van der Waals surface area contributed by atoms with Crippen LogP contribution in [0, 0.1) is 17.3 Å². The Bertz CT molecular complexity index is 799. The van der Waals surface area contributed by atoms with E-state index in [0.717, 1.165) is 11.1 Å². The number of ketones is 1. The Labute approximate surface area is 159 Å². The van der Waals surface area contributed by atoms with E-state index in [4.69, 9.17) is 14.2 Å². The molecule has 6 nitrogen and oxygen atoms in total. The number of methoxy groups -OCH3 is 3. The molecule has 2 aliphatic rings. The van der Waals surface area contributed by atoms with Gasteiger partial charge in [-0.2, -0.15) is 0 Å². The zero-order valence-electron chi connectivity index (χ0n) is 16.8. The van der Waals surface area contributed by atoms with E-state index in [-0.39, 0.29) is 29.4 Å². The quantitative estimate of drug-likeness (QED) is 0.776. The molecule has 1 amide bonds. The van der Waals surface area contributed by atoms with Crippen LogP contribution in [0.4, 0.5) is 0 Å². The van der Waals surface area contributed by atoms with Crippen LogP contribution in [0.3, 0.4) is 0 Å². The van der Waals surface area contributed by atoms with Crippen LogP contribution in [-0.4, -0.2) is 33.0 Å². The van der Waals surface area contributed by atoms with Gasteiger partial charge in [-0.3, -0.25) is 9.59 Å². The largest absolute Gasteiger partial charge is 0.493 e. The van der Waals surface area contributed by atoms with E-state index in [1.54, 1.807) is 12.1 Å². The predicted octanol–water partition coefficient (Wildman–Crippen LogP) is 2.89. The molecule has 1 aromatic rings. The lowest BCUT2D eigenvalue weighted by atomic mass is 9.95. The van der Waals surface area contributed by atoms with Gasteiger partial charge >= 0.3 is 0 Å². The molecule has 1 N–H and O–H groups in total. The van der Waals surface area contributed by atoms with Crippen molar-refractivity contribution in [3.63, 3.8) is 0 Å². The first-order chi connectivity index (χ1) is 12.7. The summed E-state index contributed by atoms with van der Waals surface area (Å²) in [6.07, 6.45) is 0.736. The van der Waals surface area contributed by atoms with Crippen LogP contribution < -0.4 is 19.5 Å². The molecule has 2 atom stereocenters. The minimum Gasteiger partial charge on any atom is -0.493 e. The van der Waals surface area contributed by atoms with Gasteiger partial charge in [0.15, 0.2) is 17.3 Å². The van der Waals surface area contributed by atoms with E-state index in [0.29, 0.717) is 35.3 Å². The second kappa shape index (κ2) is 6.91. The highest BCUT2D eigenvalue weighted by molar-refractivity contribution is 6.01. The van der Waals surface area contributed by atoms with Crippen molar-refractivity contribution in [3.8, 4) is 17.2 Å². The minimum atomic E-state index is -0.177. The highest BCUT2D eigenvalue weighted by Gasteiger charge is 2.65. The summed E-state index contributed by atoms with van der Waals surface area (Å²) in [6.45, 7) is 6.18. The molecular weight excluding hydrogens is 346 g/mol. The summed E-state index contributed by atoms with van der Waals surface area (Å²) in [6, 6.07) is 3.51. The maximum atomic E-state index is 12.6. The molecule has 0 heterocycles. The van der Waals surface area contributed by atoms with Crippen molar-refractivity contribution in [1.82, 2.24) is 5.32 Å². The number of Topliss-reactive ketones (excluding diaryl/α,β-unsaturated/α-hetero) is 1. The number of ether oxygens (including phenoxy) is 3. The number of hydrogen-bond donors (Lipinski definition) is 1. The lowest BCUT2D eigenvalue weighted by Crippen LogP contribution is -2.26. The molecule has 2 saturated carbocycles. The Morgan fingerprint density at radius 1 is 1.15 bits per heavy atom. The number of allylic oxidation sites excluding steroid dienone is 2. The Morgan fingerprint density at radius 2 is 1.74 bits per heavy atom. The molecule has 0 saturated heterocycles. The van der Waals surface area contributed by atoms with E-state index in [1.807, 2.05) is 6.92 Å². The number of carbonyl (C=O) groups excluding carboxylic acids is 2. The SMILES string of the molecule is COc1cc(CC(=O)NC(C)=C2C(=O)C[C@@H]3[C@@H]2C3(C)C)cc(OC)c1OC. The molecule has 0 radical (unpaired) electrons. The van der Waals surface area contributed by atoms with Crippen molar-refractivity contribution < 1.29 is 23.8 Å². The molecule has 27 heavy (non-hydrogen) atoms. The Hall–Kier alpha value is -2.50. The number of fused-ring (bicyclic) bond motifs is 1. The lowest BCUT2D eigenvalue weighted by Gasteiger charge is -2.15. The van der Waals surface area contributed by atoms with E-state index < -0.39 is 0 Å². The minimum absolute atomic E-state index is 0.146. The van der Waals surface area contributed by atoms with Crippen LogP contribution >= 0.6 is 0 Å². The number of hydrogen-bond acceptors (Lipinski definition) is 5. The van der Waals surface area contributed by atoms with Gasteiger partial charge in [0.1, 0.15) is 0 Å². The standard InChI is InChI=1S/C21H27NO5/c1-11(18-14(23)10-13-19(18)21(13,2)3)22-17(24)9-12-7-15(25-4)20(27-6)16(8-12)26-5/h7-8,13,19H,9-10H2,1-6H3,(H,22,24)/t13-,19+/m1/s1. The first-order valence-electron chi connectivity index (χ1n) is 9.07. The second-order valence-electron chi connectivity index (χ2n) is 7.83. The lowest BCUT2D eigenvalue weighted by molar-refractivity contribution is -0.119. The zero-order valence-corrected chi connectivity index (χ0v) is 16.8. The van der Waals surface area contributed by atoms with E-state index in [9.17, 15) is 9.59 Å². The maximum absolute atomic E-state index is 12.6. The van der Waals surface area contributed by atoms with Crippen molar-refractivity contribution in [3.05, 3.63) is 29.0 Å². The smallest absolute Gasteiger partial charge is 0.228 e. The molecule has 3 rings (SSSR count). The maximum Gasteiger partial charge on any atom is 0.228 e. The number of amides is 1. The van der Waals surface area contributed by atoms with Gasteiger partial charge in [0, 0.05) is 17.7 Å². The van der Waals surface area contributed by atoms with Gasteiger partial charge in [-0.1, -0.05) is 13.8 Å². The molecule has 146 valence electrons. The number of benzene rings is 1. The first kappa shape index (κ1) is 19.3. The molecule has 2 aliphatic carbocycles. The monoisotopic (exact) mass is 373 g/mol. The molecule has 0 bridgehead atoms. The molecule has 2 fully saturated rings. The summed E-state index contributed by atoms with van der Waals surface area (Å²) in [7, 11) is 4.61. The van der Waals surface area contributed by atoms with Crippen LogP contribution in [0.1, 0.15) is 32.8 Å². The third kappa shape index (κ3) is 3.29. The van der Waals surface area contributed by atoms with Crippen LogP contribution in [0.25, 0.3) is 0 Å². The normalized spacial score (nSPS) is 24.1. The van der Waals surface area contributed by atoms with Gasteiger partial charge in [-0.05, 0) is 41.9 Å². The third-order valence-electron chi connectivity index (χ3n) is 5.89. The Kier molecular flexibility index (Phi) is 4.93. The third-order valence-corrected chi connectivity index (χ3v) is 5.89. The number of rotatable bonds is 6. The predicted molar refractivity (Wildman–Crippen MR) is 101 cm³/mol. The fourth-order valence-corrected chi connectivity index (χ4v) is 4.37. The summed E-state index contributed by atoms with van der Waals surface area (Å²) < 4.78 is 16.0. The summed E-state index contributed by atoms with van der Waals surface area (Å²) >= 11 is 0. The van der Waals surface area contributed by atoms with Gasteiger partial charge in [-0.15, -0.1) is 0 Å². The van der Waals surface area contributed by atoms with Crippen LogP contribution in [0.2, 0.25) is 0 Å². The van der Waals surface area contributed by atoms with Gasteiger partial charge in [0.25, 0.3) is 0 Å². The van der Waals surface area contributed by atoms with Crippen molar-refractivity contribution in [2.24, 2.45) is 17.3 Å². The molecule has 0 aliphatic heterocycles. The highest BCUT2D eigenvalue weighted by Crippen LogP contribution is 2.68. The van der Waals surface area contributed by atoms with Crippen molar-refractivity contribution in [2.45, 2.75) is 33.6 Å². The molecular formula is C21H27NO5. The van der Waals surface area contributed by atoms with Crippen molar-refractivity contribution >= 4 is 11.7 Å². The molecule has 1 aromatic carbocycles. The van der Waals surface area contributed by atoms with Crippen LogP contribution in [-0.2, 0) is 16.0 Å². The topological polar surface area (TPSA) is 73.9 Å². The average Bonchev–Trinajstić information content (AvgIpc) is 2.96. The summed E-state index contributed by atoms with van der Waals surface area (Å²) in [5.41, 5.74) is 2.37. The van der Waals surface area contributed by atoms with E-state index in [2.05, 4.69) is 19.2 Å². The first-order valence-corrected chi connectivity index (χ1v) is 9.07. The summed E-state index contributed by atoms with van der Waals surface area (Å²) in [5.74, 6) is 2.17. The molecule has 0 spiro atoms. The van der Waals surface area contributed by atoms with E-state index in [1.165, 1.54) is 21.3 Å². The zero-order chi connectivity index (χ0) is 19.9. The van der Waals surface area contributed by atoms with Gasteiger partial charge in [-0.25, -0.2) is 0 Å². The van der Waals surface area contributed by atoms with E-state index >= 15 is 0 Å². The van der Waals surface area contributed by atoms with Crippen molar-refractivity contribution in [2.75, 3.05) is 21.3 Å². The summed E-state index contributed by atoms with van der Waals surface area (Å²) in [4.78, 5) is 24.8. The molecule has 0 aromatic heterocycles. The number of carbonyl (C=O) groups is 2. The van der Waals surface area contributed by atoms with Crippen molar-refractivity contribution in [1.29, 1.82) is 0 Å². The van der Waals surface area contributed by atoms with Gasteiger partial charge < -0.3 is 19.5 Å². The average molecular weight is 373 g/mol. The summed E-state index contributed by atoms with van der Waals surface area (Å²) in [5, 5.41) is 2.91. The second-order valence-corrected chi connectivity index (χ2v) is 7.83. The molecule has 6 heteroatoms. The van der Waals surface area contributed by atoms with Gasteiger partial charge in [0.05, 0.1) is 27.8 Å². The van der Waals surface area contributed by atoms with Crippen LogP contribution in [0.5, 0.6) is 17.2 Å². The highest BCUT2D eigenvalue weighted by atomic mass is 16.5. The number of nitrogens with one attached hydrogen (secondary N) is 1. The van der Waals surface area contributed by atoms with Crippen LogP contribution in [0.15, 0.2) is 23.4 Å². The fraction of sp³-hybridized carbons (Fsp3) is 0.524. The Balaban J connectivity index is 1.77. The Morgan fingerprint density at radius 3 is 2.22 bits per heavy atom. The van der Waals surface area contributed by atoms with Gasteiger partial charge in [0.2, 0.25) is 11.7 Å². The fourth-order valence-electron chi connectivity index (χ4n) is 4.37.